The number of hydrogen-bond acceptors (Lipinski definition) is 2. The van der Waals surface area contributed by atoms with Gasteiger partial charge < -0.3 is 10.2 Å². The van der Waals surface area contributed by atoms with E-state index in [4.69, 9.17) is 0 Å². The van der Waals surface area contributed by atoms with Crippen molar-refractivity contribution in [2.45, 2.75) is 65.3 Å². The van der Waals surface area contributed by atoms with Crippen molar-refractivity contribution in [3.05, 3.63) is 35.4 Å². The van der Waals surface area contributed by atoms with Crippen LogP contribution in [0.15, 0.2) is 24.3 Å². The maximum Gasteiger partial charge on any atom is 0.251 e. The van der Waals surface area contributed by atoms with Crippen LogP contribution < -0.4 is 5.32 Å². The van der Waals surface area contributed by atoms with Gasteiger partial charge in [-0.3, -0.25) is 9.59 Å². The maximum atomic E-state index is 12.8. The molecule has 1 N–H and O–H groups in total. The van der Waals surface area contributed by atoms with E-state index in [1.807, 2.05) is 43.0 Å². The fourth-order valence-electron chi connectivity index (χ4n) is 3.17. The minimum atomic E-state index is -0.465. The van der Waals surface area contributed by atoms with Crippen LogP contribution >= 0.6 is 0 Å². The second kappa shape index (κ2) is 8.03. The molecule has 1 aromatic carbocycles. The van der Waals surface area contributed by atoms with E-state index >= 15 is 0 Å². The molecule has 2 rings (SSSR count). The van der Waals surface area contributed by atoms with E-state index in [2.05, 4.69) is 26.1 Å². The molecule has 0 bridgehead atoms. The number of nitrogens with one attached hydrogen (secondary N) is 1. The summed E-state index contributed by atoms with van der Waals surface area (Å²) in [6, 6.07) is 7.21. The Morgan fingerprint density at radius 2 is 1.56 bits per heavy atom. The smallest absolute Gasteiger partial charge is 0.251 e. The van der Waals surface area contributed by atoms with Gasteiger partial charge in [-0.05, 0) is 48.3 Å². The number of amides is 2. The summed E-state index contributed by atoms with van der Waals surface area (Å²) in [6.07, 6.45) is 3.29. The minimum Gasteiger partial charge on any atom is -0.341 e. The van der Waals surface area contributed by atoms with Crippen molar-refractivity contribution in [1.82, 2.24) is 10.2 Å². The monoisotopic (exact) mass is 344 g/mol. The number of hydrogen-bond donors (Lipinski definition) is 1. The third-order valence-corrected chi connectivity index (χ3v) is 4.90. The molecular weight excluding hydrogens is 312 g/mol. The average molecular weight is 344 g/mol. The van der Waals surface area contributed by atoms with Crippen LogP contribution in [-0.4, -0.2) is 35.8 Å². The predicted molar refractivity (Wildman–Crippen MR) is 102 cm³/mol. The molecule has 1 atom stereocenters. The van der Waals surface area contributed by atoms with Crippen molar-refractivity contribution in [2.75, 3.05) is 13.1 Å². The van der Waals surface area contributed by atoms with Crippen LogP contribution in [0.2, 0.25) is 0 Å². The van der Waals surface area contributed by atoms with Crippen LogP contribution in [0.25, 0.3) is 0 Å². The summed E-state index contributed by atoms with van der Waals surface area (Å²) in [5, 5.41) is 2.96. The standard InChI is InChI=1S/C21H32N2O2/c1-15(2)18(20(25)23-13-7-6-8-14-23)22-19(24)16-9-11-17(12-10-16)21(3,4)5/h9-12,15,18H,6-8,13-14H2,1-5H3,(H,22,24)/t18-/m0/s1. The zero-order valence-electron chi connectivity index (χ0n) is 16.3. The Morgan fingerprint density at radius 3 is 2.04 bits per heavy atom. The summed E-state index contributed by atoms with van der Waals surface area (Å²) >= 11 is 0. The molecule has 1 fully saturated rings. The Morgan fingerprint density at radius 1 is 1.00 bits per heavy atom. The number of carbonyl (C=O) groups excluding carboxylic acids is 2. The molecule has 1 aliphatic heterocycles. The summed E-state index contributed by atoms with van der Waals surface area (Å²) in [7, 11) is 0. The number of likely N-dealkylation sites (tertiary alicyclic amines) is 1. The molecule has 1 heterocycles. The van der Waals surface area contributed by atoms with Crippen LogP contribution in [0, 0.1) is 5.92 Å². The van der Waals surface area contributed by atoms with E-state index in [-0.39, 0.29) is 23.1 Å². The van der Waals surface area contributed by atoms with Crippen LogP contribution in [0.1, 0.15) is 69.8 Å². The highest BCUT2D eigenvalue weighted by Crippen LogP contribution is 2.22. The van der Waals surface area contributed by atoms with Crippen LogP contribution in [0.3, 0.4) is 0 Å². The lowest BCUT2D eigenvalue weighted by Gasteiger charge is -2.32. The lowest BCUT2D eigenvalue weighted by molar-refractivity contribution is -0.135. The summed E-state index contributed by atoms with van der Waals surface area (Å²) in [5.74, 6) is -0.0638. The highest BCUT2D eigenvalue weighted by molar-refractivity contribution is 5.97. The molecule has 1 saturated heterocycles. The van der Waals surface area contributed by atoms with Gasteiger partial charge in [0.05, 0.1) is 0 Å². The van der Waals surface area contributed by atoms with Crippen molar-refractivity contribution in [3.63, 3.8) is 0 Å². The van der Waals surface area contributed by atoms with Crippen molar-refractivity contribution in [1.29, 1.82) is 0 Å². The molecule has 4 heteroatoms. The Labute approximate surface area is 152 Å². The molecule has 138 valence electrons. The van der Waals surface area contributed by atoms with E-state index in [0.29, 0.717) is 5.56 Å². The van der Waals surface area contributed by atoms with Gasteiger partial charge in [-0.1, -0.05) is 46.8 Å². The Balaban J connectivity index is 2.08. The number of nitrogens with zero attached hydrogens (tertiary/aromatic N) is 1. The highest BCUT2D eigenvalue weighted by Gasteiger charge is 2.29. The van der Waals surface area contributed by atoms with Gasteiger partial charge in [0.2, 0.25) is 5.91 Å². The van der Waals surface area contributed by atoms with E-state index in [1.165, 1.54) is 12.0 Å². The first-order valence-electron chi connectivity index (χ1n) is 9.40. The Hall–Kier alpha value is -1.84. The van der Waals surface area contributed by atoms with Gasteiger partial charge in [0.15, 0.2) is 0 Å². The van der Waals surface area contributed by atoms with Crippen molar-refractivity contribution >= 4 is 11.8 Å². The van der Waals surface area contributed by atoms with Gasteiger partial charge in [0.1, 0.15) is 6.04 Å². The summed E-state index contributed by atoms with van der Waals surface area (Å²) < 4.78 is 0. The normalized spacial score (nSPS) is 16.6. The Kier molecular flexibility index (Phi) is 6.26. The molecule has 1 aliphatic rings. The van der Waals surface area contributed by atoms with Crippen LogP contribution in [-0.2, 0) is 10.2 Å². The number of rotatable bonds is 4. The fraction of sp³-hybridized carbons (Fsp3) is 0.619. The number of piperidine rings is 1. The second-order valence-electron chi connectivity index (χ2n) is 8.41. The second-order valence-corrected chi connectivity index (χ2v) is 8.41. The van der Waals surface area contributed by atoms with E-state index in [0.717, 1.165) is 25.9 Å². The molecule has 0 unspecified atom stereocenters. The quantitative estimate of drug-likeness (QED) is 0.904. The van der Waals surface area contributed by atoms with Gasteiger partial charge in [-0.15, -0.1) is 0 Å². The van der Waals surface area contributed by atoms with E-state index < -0.39 is 6.04 Å². The van der Waals surface area contributed by atoms with Gasteiger partial charge in [0.25, 0.3) is 5.91 Å². The highest BCUT2D eigenvalue weighted by atomic mass is 16.2. The third kappa shape index (κ3) is 5.07. The topological polar surface area (TPSA) is 49.4 Å². The first-order chi connectivity index (χ1) is 11.7. The lowest BCUT2D eigenvalue weighted by Crippen LogP contribution is -2.52. The van der Waals surface area contributed by atoms with Crippen molar-refractivity contribution in [3.8, 4) is 0 Å². The van der Waals surface area contributed by atoms with Crippen LogP contribution in [0.4, 0.5) is 0 Å². The Bertz CT molecular complexity index is 593. The molecule has 0 saturated carbocycles. The average Bonchev–Trinajstić information content (AvgIpc) is 2.58. The maximum absolute atomic E-state index is 12.8. The van der Waals surface area contributed by atoms with Gasteiger partial charge in [-0.25, -0.2) is 0 Å². The lowest BCUT2D eigenvalue weighted by atomic mass is 9.86. The summed E-state index contributed by atoms with van der Waals surface area (Å²) in [6.45, 7) is 12.0. The van der Waals surface area contributed by atoms with Gasteiger partial charge in [0, 0.05) is 18.7 Å². The first kappa shape index (κ1) is 19.5. The molecule has 25 heavy (non-hydrogen) atoms. The fourth-order valence-corrected chi connectivity index (χ4v) is 3.17. The molecule has 0 aromatic heterocycles. The largest absolute Gasteiger partial charge is 0.341 e. The molecule has 1 aromatic rings. The zero-order chi connectivity index (χ0) is 18.6. The van der Waals surface area contributed by atoms with Crippen molar-refractivity contribution in [2.24, 2.45) is 5.92 Å². The molecule has 2 amide bonds. The molecule has 0 aliphatic carbocycles. The zero-order valence-corrected chi connectivity index (χ0v) is 16.3. The van der Waals surface area contributed by atoms with Gasteiger partial charge in [-0.2, -0.15) is 0 Å². The first-order valence-corrected chi connectivity index (χ1v) is 9.40. The molecular formula is C21H32N2O2. The number of benzene rings is 1. The van der Waals surface area contributed by atoms with Gasteiger partial charge >= 0.3 is 0 Å². The van der Waals surface area contributed by atoms with Crippen molar-refractivity contribution < 1.29 is 9.59 Å². The summed E-state index contributed by atoms with van der Waals surface area (Å²) in [5.41, 5.74) is 1.85. The molecule has 0 spiro atoms. The van der Waals surface area contributed by atoms with E-state index in [9.17, 15) is 9.59 Å². The van der Waals surface area contributed by atoms with E-state index in [1.54, 1.807) is 0 Å². The SMILES string of the molecule is CC(C)[C@H](NC(=O)c1ccc(C(C)(C)C)cc1)C(=O)N1CCCCC1. The molecule has 4 nitrogen and oxygen atoms in total. The third-order valence-electron chi connectivity index (χ3n) is 4.90. The minimum absolute atomic E-state index is 0.0503. The molecule has 0 radical (unpaired) electrons. The van der Waals surface area contributed by atoms with Crippen LogP contribution in [0.5, 0.6) is 0 Å². The predicted octanol–water partition coefficient (Wildman–Crippen LogP) is 3.75. The number of carbonyl (C=O) groups is 2. The summed E-state index contributed by atoms with van der Waals surface area (Å²) in [4.78, 5) is 27.3.